The van der Waals surface area contributed by atoms with Crippen molar-refractivity contribution in [1.82, 2.24) is 0 Å². The third kappa shape index (κ3) is 11.5. The van der Waals surface area contributed by atoms with Crippen molar-refractivity contribution in [2.75, 3.05) is 31.9 Å². The summed E-state index contributed by atoms with van der Waals surface area (Å²) in [5, 5.41) is 18.5. The maximum absolute atomic E-state index is 14.4. The highest BCUT2D eigenvalue weighted by Crippen LogP contribution is 2.51. The molecule has 6 N–H and O–H groups in total. The second-order valence-corrected chi connectivity index (χ2v) is 16.6. The molecule has 0 heterocycles. The SMILES string of the molecule is O=C(Nc1c(NC(=O)c2ccc(Cl)cc2)c(NC(=O)c2ccc(Cl)cc2)c(NC(=O)c2ccc(Cl)cc2)c(NC(=O)c2ccc(Cl)cc2)c1NC(=O)c1ccc(Cl)cc1)c1ccc(Cl)cc1. The normalized spacial score (nSPS) is 10.6. The van der Waals surface area contributed by atoms with Crippen molar-refractivity contribution in [2.45, 2.75) is 0 Å². The number of hydrogen-bond donors (Lipinski definition) is 6. The number of halogens is 6. The Kier molecular flexibility index (Phi) is 14.9. The van der Waals surface area contributed by atoms with Crippen molar-refractivity contribution in [1.29, 1.82) is 0 Å². The van der Waals surface area contributed by atoms with Crippen LogP contribution in [-0.2, 0) is 0 Å². The Morgan fingerprint density at radius 3 is 0.424 bits per heavy atom. The minimum atomic E-state index is -0.807. The summed E-state index contributed by atoms with van der Waals surface area (Å²) >= 11 is 37.0. The van der Waals surface area contributed by atoms with Crippen LogP contribution in [0.2, 0.25) is 30.1 Å². The monoisotopic (exact) mass is 996 g/mol. The van der Waals surface area contributed by atoms with Crippen molar-refractivity contribution in [3.05, 3.63) is 209 Å². The summed E-state index contributed by atoms with van der Waals surface area (Å²) in [5.41, 5.74) is -1.89. The summed E-state index contributed by atoms with van der Waals surface area (Å²) in [6, 6.07) is 34.6. The van der Waals surface area contributed by atoms with Gasteiger partial charge in [-0.05, 0) is 146 Å². The molecule has 7 aromatic rings. The highest BCUT2D eigenvalue weighted by atomic mass is 35.5. The van der Waals surface area contributed by atoms with Crippen LogP contribution in [0.15, 0.2) is 146 Å². The maximum atomic E-state index is 14.4. The Labute approximate surface area is 406 Å². The summed E-state index contributed by atoms with van der Waals surface area (Å²) in [5.74, 6) is -4.84. The van der Waals surface area contributed by atoms with E-state index in [-0.39, 0.29) is 67.5 Å². The van der Waals surface area contributed by atoms with Crippen LogP contribution in [-0.4, -0.2) is 35.4 Å². The van der Waals surface area contributed by atoms with E-state index >= 15 is 0 Å². The van der Waals surface area contributed by atoms with Crippen LogP contribution < -0.4 is 31.9 Å². The van der Waals surface area contributed by atoms with Gasteiger partial charge in [0, 0.05) is 63.5 Å². The van der Waals surface area contributed by atoms with Gasteiger partial charge in [-0.15, -0.1) is 0 Å². The van der Waals surface area contributed by atoms with Crippen LogP contribution >= 0.6 is 69.6 Å². The lowest BCUT2D eigenvalue weighted by Crippen LogP contribution is -2.26. The van der Waals surface area contributed by atoms with E-state index in [1.165, 1.54) is 146 Å². The molecule has 330 valence electrons. The number of nitrogens with one attached hydrogen (secondary N) is 6. The number of amides is 6. The lowest BCUT2D eigenvalue weighted by atomic mass is 10.0. The second-order valence-electron chi connectivity index (χ2n) is 14.0. The number of hydrogen-bond acceptors (Lipinski definition) is 6. The molecule has 0 aromatic heterocycles. The van der Waals surface area contributed by atoms with Crippen LogP contribution in [0.1, 0.15) is 62.1 Å². The fourth-order valence-corrected chi connectivity index (χ4v) is 6.98. The molecule has 18 heteroatoms. The van der Waals surface area contributed by atoms with Crippen molar-refractivity contribution >= 4 is 139 Å². The summed E-state index contributed by atoms with van der Waals surface area (Å²) in [4.78, 5) is 86.3. The highest BCUT2D eigenvalue weighted by molar-refractivity contribution is 6.33. The van der Waals surface area contributed by atoms with Gasteiger partial charge in [-0.3, -0.25) is 28.8 Å². The zero-order valence-corrected chi connectivity index (χ0v) is 38.1. The minimum absolute atomic E-state index is 0.0583. The lowest BCUT2D eigenvalue weighted by molar-refractivity contribution is 0.101. The Bertz CT molecular complexity index is 2460. The third-order valence-electron chi connectivity index (χ3n) is 9.57. The van der Waals surface area contributed by atoms with Gasteiger partial charge in [0.15, 0.2) is 0 Å². The fraction of sp³-hybridized carbons (Fsp3) is 0. The van der Waals surface area contributed by atoms with Gasteiger partial charge in [0.1, 0.15) is 0 Å². The molecule has 6 amide bonds. The van der Waals surface area contributed by atoms with Gasteiger partial charge in [0.2, 0.25) is 0 Å². The second kappa shape index (κ2) is 20.9. The smallest absolute Gasteiger partial charge is 0.255 e. The van der Waals surface area contributed by atoms with E-state index in [9.17, 15) is 28.8 Å². The Balaban J connectivity index is 1.57. The van der Waals surface area contributed by atoms with Crippen molar-refractivity contribution in [2.24, 2.45) is 0 Å². The van der Waals surface area contributed by atoms with Crippen molar-refractivity contribution < 1.29 is 28.8 Å². The number of carbonyl (C=O) groups excluding carboxylic acids is 6. The van der Waals surface area contributed by atoms with Crippen LogP contribution in [0.3, 0.4) is 0 Å². The van der Waals surface area contributed by atoms with Gasteiger partial charge in [-0.25, -0.2) is 0 Å². The molecule has 0 radical (unpaired) electrons. The molecule has 12 nitrogen and oxygen atoms in total. The van der Waals surface area contributed by atoms with Gasteiger partial charge in [-0.2, -0.15) is 0 Å². The van der Waals surface area contributed by atoms with Crippen molar-refractivity contribution in [3.63, 3.8) is 0 Å². The molecule has 0 aliphatic heterocycles. The summed E-state index contributed by atoms with van der Waals surface area (Å²) < 4.78 is 0. The van der Waals surface area contributed by atoms with E-state index in [0.717, 1.165) is 0 Å². The van der Waals surface area contributed by atoms with E-state index in [2.05, 4.69) is 31.9 Å². The minimum Gasteiger partial charge on any atom is -0.318 e. The molecule has 0 saturated heterocycles. The van der Waals surface area contributed by atoms with Crippen molar-refractivity contribution in [3.8, 4) is 0 Å². The van der Waals surface area contributed by atoms with E-state index in [0.29, 0.717) is 30.1 Å². The molecular formula is C48H30Cl6N6O6. The fourth-order valence-electron chi connectivity index (χ4n) is 6.22. The zero-order valence-electron chi connectivity index (χ0n) is 33.6. The first-order chi connectivity index (χ1) is 31.6. The standard InChI is InChI=1S/C48H30Cl6N6O6/c49-31-13-1-25(2-14-31)43(61)55-37-38(56-44(62)26-3-15-32(50)16-4-26)40(58-46(64)28-7-19-34(52)20-8-28)42(60-48(66)30-11-23-36(54)24-12-30)41(59-47(65)29-9-21-35(53)22-10-29)39(37)57-45(63)27-5-17-33(51)18-6-27/h1-24H,(H,55,61)(H,56,62)(H,57,63)(H,58,64)(H,59,65)(H,60,66). The Morgan fingerprint density at radius 1 is 0.212 bits per heavy atom. The molecule has 7 aromatic carbocycles. The topological polar surface area (TPSA) is 175 Å². The summed E-state index contributed by atoms with van der Waals surface area (Å²) in [6.07, 6.45) is 0. The summed E-state index contributed by atoms with van der Waals surface area (Å²) in [7, 11) is 0. The van der Waals surface area contributed by atoms with Gasteiger partial charge in [-0.1, -0.05) is 69.6 Å². The predicted octanol–water partition coefficient (Wildman–Crippen LogP) is 13.1. The third-order valence-corrected chi connectivity index (χ3v) is 11.1. The molecule has 0 aliphatic rings. The quantitative estimate of drug-likeness (QED) is 0.0710. The van der Waals surface area contributed by atoms with E-state index in [4.69, 9.17) is 69.6 Å². The molecule has 0 bridgehead atoms. The maximum Gasteiger partial charge on any atom is 0.255 e. The van der Waals surface area contributed by atoms with Crippen LogP contribution in [0.4, 0.5) is 34.1 Å². The summed E-state index contributed by atoms with van der Waals surface area (Å²) in [6.45, 7) is 0. The molecule has 0 unspecified atom stereocenters. The molecule has 0 aliphatic carbocycles. The molecule has 0 fully saturated rings. The van der Waals surface area contributed by atoms with Gasteiger partial charge < -0.3 is 31.9 Å². The van der Waals surface area contributed by atoms with E-state index in [1.54, 1.807) is 0 Å². The lowest BCUT2D eigenvalue weighted by Gasteiger charge is -2.28. The first-order valence-corrected chi connectivity index (χ1v) is 21.6. The average Bonchev–Trinajstić information content (AvgIpc) is 3.30. The number of benzene rings is 7. The molecule has 0 spiro atoms. The van der Waals surface area contributed by atoms with Crippen LogP contribution in [0.25, 0.3) is 0 Å². The van der Waals surface area contributed by atoms with Gasteiger partial charge in [0.05, 0.1) is 34.1 Å². The van der Waals surface area contributed by atoms with Crippen LogP contribution in [0.5, 0.6) is 0 Å². The highest BCUT2D eigenvalue weighted by Gasteiger charge is 2.32. The zero-order chi connectivity index (χ0) is 47.1. The van der Waals surface area contributed by atoms with Crippen LogP contribution in [0, 0.1) is 0 Å². The molecule has 0 atom stereocenters. The number of carbonyl (C=O) groups is 6. The molecule has 0 saturated carbocycles. The number of rotatable bonds is 12. The van der Waals surface area contributed by atoms with Gasteiger partial charge >= 0.3 is 0 Å². The first-order valence-electron chi connectivity index (χ1n) is 19.3. The average molecular weight is 1000 g/mol. The largest absolute Gasteiger partial charge is 0.318 e. The first kappa shape index (κ1) is 47.1. The van der Waals surface area contributed by atoms with Gasteiger partial charge in [0.25, 0.3) is 35.4 Å². The Hall–Kier alpha value is -6.90. The van der Waals surface area contributed by atoms with E-state index < -0.39 is 35.4 Å². The molecule has 66 heavy (non-hydrogen) atoms. The Morgan fingerprint density at radius 2 is 0.318 bits per heavy atom. The number of anilines is 6. The van der Waals surface area contributed by atoms with E-state index in [1.807, 2.05) is 0 Å². The predicted molar refractivity (Wildman–Crippen MR) is 263 cm³/mol. The molecular weight excluding hydrogens is 969 g/mol. The molecule has 7 rings (SSSR count).